The summed E-state index contributed by atoms with van der Waals surface area (Å²) in [6.07, 6.45) is 6.82. The lowest BCUT2D eigenvalue weighted by Gasteiger charge is -2.39. The quantitative estimate of drug-likeness (QED) is 0.848. The average Bonchev–Trinajstić information content (AvgIpc) is 3.40. The van der Waals surface area contributed by atoms with Crippen molar-refractivity contribution < 1.29 is 0 Å². The van der Waals surface area contributed by atoms with Gasteiger partial charge in [0.05, 0.1) is 6.04 Å². The van der Waals surface area contributed by atoms with Crippen LogP contribution in [0.1, 0.15) is 48.8 Å². The van der Waals surface area contributed by atoms with Gasteiger partial charge in [0, 0.05) is 49.2 Å². The Morgan fingerprint density at radius 1 is 0.962 bits per heavy atom. The molecule has 2 aliphatic heterocycles. The van der Waals surface area contributed by atoms with Crippen molar-refractivity contribution in [2.45, 2.75) is 51.5 Å². The summed E-state index contributed by atoms with van der Waals surface area (Å²) in [5, 5.41) is 0. The Morgan fingerprint density at radius 3 is 2.62 bits per heavy atom. The third kappa shape index (κ3) is 2.91. The van der Waals surface area contributed by atoms with Gasteiger partial charge in [0.15, 0.2) is 0 Å². The van der Waals surface area contributed by atoms with Gasteiger partial charge in [0.1, 0.15) is 11.6 Å². The van der Waals surface area contributed by atoms with Crippen molar-refractivity contribution in [2.75, 3.05) is 29.4 Å². The molecule has 6 nitrogen and oxygen atoms in total. The van der Waals surface area contributed by atoms with Gasteiger partial charge in [-0.3, -0.25) is 0 Å². The molecule has 3 aliphatic rings. The lowest BCUT2D eigenvalue weighted by atomic mass is 9.92. The van der Waals surface area contributed by atoms with E-state index >= 15 is 0 Å². The van der Waals surface area contributed by atoms with E-state index in [1.165, 1.54) is 25.7 Å². The molecule has 1 aliphatic carbocycles. The van der Waals surface area contributed by atoms with Crippen LogP contribution >= 0.6 is 0 Å². The van der Waals surface area contributed by atoms with E-state index in [9.17, 15) is 0 Å². The van der Waals surface area contributed by atoms with E-state index in [0.717, 1.165) is 54.5 Å². The van der Waals surface area contributed by atoms with Crippen LogP contribution in [0.4, 0.5) is 11.8 Å². The van der Waals surface area contributed by atoms with Gasteiger partial charge in [-0.15, -0.1) is 0 Å². The van der Waals surface area contributed by atoms with Crippen LogP contribution < -0.4 is 9.80 Å². The fraction of sp³-hybridized carbons (Fsp3) is 0.600. The van der Waals surface area contributed by atoms with Crippen molar-refractivity contribution in [1.82, 2.24) is 19.9 Å². The molecule has 1 saturated carbocycles. The number of hydrogen-bond acceptors (Lipinski definition) is 6. The third-order valence-corrected chi connectivity index (χ3v) is 6.02. The molecule has 0 N–H and O–H groups in total. The second kappa shape index (κ2) is 6.18. The molecule has 0 aromatic carbocycles. The number of nitrogens with zero attached hydrogens (tertiary/aromatic N) is 6. The maximum atomic E-state index is 4.95. The van der Waals surface area contributed by atoms with Crippen molar-refractivity contribution in [3.63, 3.8) is 0 Å². The van der Waals surface area contributed by atoms with Crippen LogP contribution in [0.3, 0.4) is 0 Å². The molecule has 5 rings (SSSR count). The highest BCUT2D eigenvalue weighted by Gasteiger charge is 2.40. The predicted molar refractivity (Wildman–Crippen MR) is 102 cm³/mol. The lowest BCUT2D eigenvalue weighted by Crippen LogP contribution is -2.49. The summed E-state index contributed by atoms with van der Waals surface area (Å²) in [5.41, 5.74) is 2.12. The molecule has 2 aromatic heterocycles. The predicted octanol–water partition coefficient (Wildman–Crippen LogP) is 2.87. The van der Waals surface area contributed by atoms with Crippen LogP contribution in [-0.4, -0.2) is 45.6 Å². The molecule has 3 fully saturated rings. The zero-order chi connectivity index (χ0) is 17.7. The third-order valence-electron chi connectivity index (χ3n) is 6.02. The fourth-order valence-electron chi connectivity index (χ4n) is 4.44. The van der Waals surface area contributed by atoms with Gasteiger partial charge in [0.25, 0.3) is 0 Å². The van der Waals surface area contributed by atoms with Crippen molar-refractivity contribution in [1.29, 1.82) is 0 Å². The molecule has 4 heterocycles. The standard InChI is InChI=1S/C20H26N6/c1-13-5-8-21-20(23-13)25-9-6-15-7-10-26(17(15)12-25)18-11-14(2)22-19(24-18)16-3-4-16/h5,8,11,15-17H,3-4,6-7,9-10,12H2,1-2H3. The first-order valence-electron chi connectivity index (χ1n) is 9.84. The maximum Gasteiger partial charge on any atom is 0.225 e. The zero-order valence-electron chi connectivity index (χ0n) is 15.6. The SMILES string of the molecule is Cc1cc(N2CCC3CCN(c4nccc(C)n4)CC32)nc(C2CC2)n1. The Hall–Kier alpha value is -2.24. The second-order valence-electron chi connectivity index (χ2n) is 8.04. The summed E-state index contributed by atoms with van der Waals surface area (Å²) in [6, 6.07) is 4.62. The van der Waals surface area contributed by atoms with Crippen molar-refractivity contribution in [3.05, 3.63) is 35.5 Å². The van der Waals surface area contributed by atoms with E-state index in [0.29, 0.717) is 12.0 Å². The van der Waals surface area contributed by atoms with E-state index in [2.05, 4.69) is 37.7 Å². The summed E-state index contributed by atoms with van der Waals surface area (Å²) in [6.45, 7) is 7.25. The zero-order valence-corrected chi connectivity index (χ0v) is 15.6. The van der Waals surface area contributed by atoms with Gasteiger partial charge in [-0.25, -0.2) is 19.9 Å². The first kappa shape index (κ1) is 16.0. The Labute approximate surface area is 154 Å². The molecular weight excluding hydrogens is 324 g/mol. The van der Waals surface area contributed by atoms with E-state index in [-0.39, 0.29) is 0 Å². The fourth-order valence-corrected chi connectivity index (χ4v) is 4.44. The number of piperidine rings is 1. The van der Waals surface area contributed by atoms with Gasteiger partial charge in [0.2, 0.25) is 5.95 Å². The Bertz CT molecular complexity index is 818. The molecule has 26 heavy (non-hydrogen) atoms. The monoisotopic (exact) mass is 350 g/mol. The number of hydrogen-bond donors (Lipinski definition) is 0. The number of fused-ring (bicyclic) bond motifs is 1. The summed E-state index contributed by atoms with van der Waals surface area (Å²) < 4.78 is 0. The normalized spacial score (nSPS) is 25.5. The molecule has 2 aromatic rings. The molecule has 2 saturated heterocycles. The van der Waals surface area contributed by atoms with Crippen molar-refractivity contribution >= 4 is 11.8 Å². The number of aryl methyl sites for hydroxylation is 2. The molecule has 0 radical (unpaired) electrons. The van der Waals surface area contributed by atoms with E-state index in [1.54, 1.807) is 0 Å². The Morgan fingerprint density at radius 2 is 1.81 bits per heavy atom. The Balaban J connectivity index is 1.41. The van der Waals surface area contributed by atoms with E-state index in [1.807, 2.05) is 19.2 Å². The van der Waals surface area contributed by atoms with Gasteiger partial charge in [-0.1, -0.05) is 0 Å². The van der Waals surface area contributed by atoms with E-state index in [4.69, 9.17) is 4.98 Å². The van der Waals surface area contributed by atoms with Crippen LogP contribution in [0.25, 0.3) is 0 Å². The van der Waals surface area contributed by atoms with Gasteiger partial charge >= 0.3 is 0 Å². The first-order chi connectivity index (χ1) is 12.7. The summed E-state index contributed by atoms with van der Waals surface area (Å²) in [7, 11) is 0. The number of rotatable bonds is 3. The van der Waals surface area contributed by atoms with Crippen LogP contribution in [0.2, 0.25) is 0 Å². The number of anilines is 2. The lowest BCUT2D eigenvalue weighted by molar-refractivity contribution is 0.386. The van der Waals surface area contributed by atoms with Crippen LogP contribution in [-0.2, 0) is 0 Å². The van der Waals surface area contributed by atoms with Crippen LogP contribution in [0, 0.1) is 19.8 Å². The second-order valence-corrected chi connectivity index (χ2v) is 8.04. The molecule has 2 atom stereocenters. The number of aromatic nitrogens is 4. The summed E-state index contributed by atoms with van der Waals surface area (Å²) in [5.74, 6) is 4.39. The largest absolute Gasteiger partial charge is 0.351 e. The highest BCUT2D eigenvalue weighted by Crippen LogP contribution is 2.40. The van der Waals surface area contributed by atoms with E-state index < -0.39 is 0 Å². The van der Waals surface area contributed by atoms with Crippen molar-refractivity contribution in [3.8, 4) is 0 Å². The molecular formula is C20H26N6. The minimum Gasteiger partial charge on any atom is -0.351 e. The Kier molecular flexibility index (Phi) is 3.80. The van der Waals surface area contributed by atoms with Crippen LogP contribution in [0.5, 0.6) is 0 Å². The van der Waals surface area contributed by atoms with Gasteiger partial charge in [-0.2, -0.15) is 0 Å². The molecule has 2 unspecified atom stereocenters. The average molecular weight is 350 g/mol. The van der Waals surface area contributed by atoms with Gasteiger partial charge < -0.3 is 9.80 Å². The molecule has 0 spiro atoms. The molecule has 0 bridgehead atoms. The van der Waals surface area contributed by atoms with Gasteiger partial charge in [-0.05, 0) is 51.5 Å². The highest BCUT2D eigenvalue weighted by atomic mass is 15.3. The van der Waals surface area contributed by atoms with Crippen LogP contribution in [0.15, 0.2) is 18.3 Å². The summed E-state index contributed by atoms with van der Waals surface area (Å²) in [4.78, 5) is 23.6. The molecule has 136 valence electrons. The topological polar surface area (TPSA) is 58.0 Å². The van der Waals surface area contributed by atoms with Crippen molar-refractivity contribution in [2.24, 2.45) is 5.92 Å². The first-order valence-corrected chi connectivity index (χ1v) is 9.84. The minimum absolute atomic E-state index is 0.495. The molecule has 6 heteroatoms. The summed E-state index contributed by atoms with van der Waals surface area (Å²) >= 11 is 0. The highest BCUT2D eigenvalue weighted by molar-refractivity contribution is 5.45. The maximum absolute atomic E-state index is 4.95. The minimum atomic E-state index is 0.495. The molecule has 0 amide bonds. The smallest absolute Gasteiger partial charge is 0.225 e.